The minimum atomic E-state index is -0.529. The number of unbranched alkanes of at least 4 members (excludes halogenated alkanes) is 2. The van der Waals surface area contributed by atoms with Crippen molar-refractivity contribution in [3.63, 3.8) is 0 Å². The lowest BCUT2D eigenvalue weighted by Gasteiger charge is -2.37. The fraction of sp³-hybridized carbons (Fsp3) is 0.583. The molecule has 3 heteroatoms. The molecule has 0 aliphatic rings. The van der Waals surface area contributed by atoms with Crippen LogP contribution in [0.25, 0.3) is 10.8 Å². The molecule has 0 amide bonds. The summed E-state index contributed by atoms with van der Waals surface area (Å²) in [6, 6.07) is 12.2. The molecule has 0 saturated carbocycles. The summed E-state index contributed by atoms with van der Waals surface area (Å²) in [5, 5.41) is 13.5. The Labute approximate surface area is 165 Å². The molecule has 0 fully saturated rings. The van der Waals surface area contributed by atoms with E-state index in [0.717, 1.165) is 41.7 Å². The summed E-state index contributed by atoms with van der Waals surface area (Å²) in [6.45, 7) is 12.0. The highest BCUT2D eigenvalue weighted by molar-refractivity contribution is 5.91. The second kappa shape index (κ2) is 10.1. The van der Waals surface area contributed by atoms with Gasteiger partial charge in [0, 0.05) is 17.3 Å². The van der Waals surface area contributed by atoms with E-state index in [4.69, 9.17) is 4.74 Å². The molecule has 0 aliphatic carbocycles. The smallest absolute Gasteiger partial charge is 0.126 e. The topological polar surface area (TPSA) is 32.7 Å². The lowest BCUT2D eigenvalue weighted by atomic mass is 9.80. The van der Waals surface area contributed by atoms with E-state index >= 15 is 0 Å². The highest BCUT2D eigenvalue weighted by Crippen LogP contribution is 2.39. The number of aliphatic hydroxyl groups excluding tert-OH is 1. The van der Waals surface area contributed by atoms with Gasteiger partial charge in [-0.2, -0.15) is 0 Å². The van der Waals surface area contributed by atoms with Gasteiger partial charge >= 0.3 is 0 Å². The van der Waals surface area contributed by atoms with Crippen LogP contribution in [-0.2, 0) is 0 Å². The zero-order chi connectivity index (χ0) is 19.9. The largest absolute Gasteiger partial charge is 0.496 e. The van der Waals surface area contributed by atoms with Crippen molar-refractivity contribution < 1.29 is 9.84 Å². The van der Waals surface area contributed by atoms with E-state index in [2.05, 4.69) is 44.7 Å². The monoisotopic (exact) mass is 371 g/mol. The Balaban J connectivity index is 2.28. The predicted molar refractivity (Wildman–Crippen MR) is 115 cm³/mol. The van der Waals surface area contributed by atoms with E-state index in [1.165, 1.54) is 25.7 Å². The molecule has 2 rings (SSSR count). The molecule has 0 bridgehead atoms. The van der Waals surface area contributed by atoms with Crippen molar-refractivity contribution in [3.8, 4) is 5.75 Å². The van der Waals surface area contributed by atoms with Crippen molar-refractivity contribution in [2.24, 2.45) is 5.41 Å². The number of methoxy groups -OCH3 is 1. The number of rotatable bonds is 11. The molecule has 3 nitrogen and oxygen atoms in total. The zero-order valence-electron chi connectivity index (χ0n) is 17.8. The molecule has 1 N–H and O–H groups in total. The van der Waals surface area contributed by atoms with Crippen molar-refractivity contribution in [2.75, 3.05) is 26.7 Å². The SMILES string of the molecule is CCCCN(CCCC)CC(C)(C)[C@@H](O)c1ccc(OC)c2ccccc12. The van der Waals surface area contributed by atoms with Gasteiger partial charge in [0.25, 0.3) is 0 Å². The van der Waals surface area contributed by atoms with Crippen LogP contribution < -0.4 is 4.74 Å². The second-order valence-electron chi connectivity index (χ2n) is 8.28. The van der Waals surface area contributed by atoms with Crippen LogP contribution in [0.4, 0.5) is 0 Å². The molecule has 0 unspecified atom stereocenters. The number of benzene rings is 2. The molecule has 0 radical (unpaired) electrons. The summed E-state index contributed by atoms with van der Waals surface area (Å²) in [5.74, 6) is 0.854. The van der Waals surface area contributed by atoms with Crippen LogP contribution in [0.1, 0.15) is 65.0 Å². The number of aliphatic hydroxyl groups is 1. The highest BCUT2D eigenvalue weighted by atomic mass is 16.5. The van der Waals surface area contributed by atoms with Gasteiger partial charge in [-0.3, -0.25) is 0 Å². The van der Waals surface area contributed by atoms with Crippen molar-refractivity contribution >= 4 is 10.8 Å². The van der Waals surface area contributed by atoms with Crippen LogP contribution in [0.2, 0.25) is 0 Å². The van der Waals surface area contributed by atoms with E-state index in [-0.39, 0.29) is 5.41 Å². The number of fused-ring (bicyclic) bond motifs is 1. The molecule has 2 aromatic rings. The fourth-order valence-corrected chi connectivity index (χ4v) is 3.83. The molecule has 0 aromatic heterocycles. The molecular weight excluding hydrogens is 334 g/mol. The van der Waals surface area contributed by atoms with Crippen molar-refractivity contribution in [3.05, 3.63) is 42.0 Å². The average molecular weight is 372 g/mol. The van der Waals surface area contributed by atoms with Gasteiger partial charge in [-0.25, -0.2) is 0 Å². The molecule has 0 spiro atoms. The lowest BCUT2D eigenvalue weighted by molar-refractivity contribution is 0.0204. The number of hydrogen-bond acceptors (Lipinski definition) is 3. The maximum Gasteiger partial charge on any atom is 0.126 e. The third-order valence-corrected chi connectivity index (χ3v) is 5.46. The van der Waals surface area contributed by atoms with Gasteiger partial charge in [0.2, 0.25) is 0 Å². The van der Waals surface area contributed by atoms with Crippen LogP contribution in [0.15, 0.2) is 36.4 Å². The maximum absolute atomic E-state index is 11.3. The van der Waals surface area contributed by atoms with E-state index in [0.29, 0.717) is 0 Å². The summed E-state index contributed by atoms with van der Waals surface area (Å²) in [4.78, 5) is 2.53. The number of hydrogen-bond donors (Lipinski definition) is 1. The first-order valence-corrected chi connectivity index (χ1v) is 10.4. The van der Waals surface area contributed by atoms with Crippen LogP contribution in [-0.4, -0.2) is 36.8 Å². The molecule has 150 valence electrons. The van der Waals surface area contributed by atoms with Gasteiger partial charge in [0.1, 0.15) is 5.75 Å². The van der Waals surface area contributed by atoms with Gasteiger partial charge in [0.15, 0.2) is 0 Å². The molecule has 27 heavy (non-hydrogen) atoms. The Kier molecular flexibility index (Phi) is 8.12. The quantitative estimate of drug-likeness (QED) is 0.541. The van der Waals surface area contributed by atoms with Crippen molar-refractivity contribution in [1.29, 1.82) is 0 Å². The van der Waals surface area contributed by atoms with Crippen LogP contribution in [0.3, 0.4) is 0 Å². The van der Waals surface area contributed by atoms with Crippen molar-refractivity contribution in [2.45, 2.75) is 59.5 Å². The normalized spacial score (nSPS) is 13.3. The van der Waals surface area contributed by atoms with Gasteiger partial charge in [0.05, 0.1) is 13.2 Å². The standard InChI is InChI=1S/C24H37NO2/c1-6-8-16-25(17-9-7-2)18-24(3,4)23(26)21-14-15-22(27-5)20-13-11-10-12-19(20)21/h10-15,23,26H,6-9,16-18H2,1-5H3/t23-/m0/s1. The van der Waals surface area contributed by atoms with Gasteiger partial charge in [-0.05, 0) is 42.9 Å². The van der Waals surface area contributed by atoms with E-state index < -0.39 is 6.10 Å². The Bertz CT molecular complexity index is 703. The first kappa shape index (κ1) is 21.7. The first-order chi connectivity index (χ1) is 12.9. The third kappa shape index (κ3) is 5.46. The Morgan fingerprint density at radius 2 is 1.56 bits per heavy atom. The van der Waals surface area contributed by atoms with E-state index in [1.54, 1.807) is 7.11 Å². The van der Waals surface area contributed by atoms with Crippen LogP contribution in [0.5, 0.6) is 5.75 Å². The number of nitrogens with zero attached hydrogens (tertiary/aromatic N) is 1. The third-order valence-electron chi connectivity index (χ3n) is 5.46. The molecule has 2 aromatic carbocycles. The summed E-state index contributed by atoms with van der Waals surface area (Å²) in [7, 11) is 1.70. The molecule has 0 saturated heterocycles. The van der Waals surface area contributed by atoms with Crippen molar-refractivity contribution in [1.82, 2.24) is 4.90 Å². The summed E-state index contributed by atoms with van der Waals surface area (Å²) in [6.07, 6.45) is 4.30. The van der Waals surface area contributed by atoms with Gasteiger partial charge < -0.3 is 14.7 Å². The average Bonchev–Trinajstić information content (AvgIpc) is 2.68. The summed E-state index contributed by atoms with van der Waals surface area (Å²) in [5.41, 5.74) is 0.751. The summed E-state index contributed by atoms with van der Waals surface area (Å²) >= 11 is 0. The molecule has 0 heterocycles. The first-order valence-electron chi connectivity index (χ1n) is 10.4. The minimum absolute atomic E-state index is 0.237. The Morgan fingerprint density at radius 1 is 0.963 bits per heavy atom. The predicted octanol–water partition coefficient (Wildman–Crippen LogP) is 5.81. The van der Waals surface area contributed by atoms with Crippen LogP contribution in [0, 0.1) is 5.41 Å². The molecule has 0 aliphatic heterocycles. The van der Waals surface area contributed by atoms with Gasteiger partial charge in [-0.15, -0.1) is 0 Å². The van der Waals surface area contributed by atoms with E-state index in [9.17, 15) is 5.11 Å². The Hall–Kier alpha value is -1.58. The van der Waals surface area contributed by atoms with Gasteiger partial charge in [-0.1, -0.05) is 70.9 Å². The maximum atomic E-state index is 11.3. The highest BCUT2D eigenvalue weighted by Gasteiger charge is 2.32. The fourth-order valence-electron chi connectivity index (χ4n) is 3.83. The zero-order valence-corrected chi connectivity index (χ0v) is 17.8. The minimum Gasteiger partial charge on any atom is -0.496 e. The molecular formula is C24H37NO2. The number of ether oxygens (including phenoxy) is 1. The lowest BCUT2D eigenvalue weighted by Crippen LogP contribution is -2.39. The van der Waals surface area contributed by atoms with E-state index in [1.807, 2.05) is 24.3 Å². The second-order valence-corrected chi connectivity index (χ2v) is 8.28. The molecule has 1 atom stereocenters. The Morgan fingerprint density at radius 3 is 2.11 bits per heavy atom. The van der Waals surface area contributed by atoms with Crippen LogP contribution >= 0.6 is 0 Å². The summed E-state index contributed by atoms with van der Waals surface area (Å²) < 4.78 is 5.51.